The number of nitriles is 1. The molecule has 1 aromatic carbocycles. The maximum absolute atomic E-state index is 11.2. The second-order valence-corrected chi connectivity index (χ2v) is 3.36. The van der Waals surface area contributed by atoms with Crippen molar-refractivity contribution in [1.29, 1.82) is 5.26 Å². The van der Waals surface area contributed by atoms with E-state index in [9.17, 15) is 4.79 Å². The Morgan fingerprint density at radius 1 is 1.59 bits per heavy atom. The predicted molar refractivity (Wildman–Crippen MR) is 62.7 cm³/mol. The van der Waals surface area contributed by atoms with Crippen molar-refractivity contribution in [3.63, 3.8) is 0 Å². The van der Waals surface area contributed by atoms with E-state index in [-0.39, 0.29) is 12.6 Å². The first kappa shape index (κ1) is 12.8. The van der Waals surface area contributed by atoms with Crippen LogP contribution in [0.5, 0.6) is 5.75 Å². The van der Waals surface area contributed by atoms with Gasteiger partial charge in [0, 0.05) is 11.8 Å². The Bertz CT molecular complexity index is 426. The summed E-state index contributed by atoms with van der Waals surface area (Å²) < 4.78 is 9.75. The summed E-state index contributed by atoms with van der Waals surface area (Å²) in [6.07, 6.45) is 0. The van der Waals surface area contributed by atoms with Gasteiger partial charge in [-0.05, 0) is 19.1 Å². The van der Waals surface area contributed by atoms with Crippen LogP contribution in [0.15, 0.2) is 24.3 Å². The topological polar surface area (TPSA) is 71.3 Å². The van der Waals surface area contributed by atoms with Gasteiger partial charge in [0.25, 0.3) is 0 Å². The van der Waals surface area contributed by atoms with E-state index in [2.05, 4.69) is 10.1 Å². The van der Waals surface area contributed by atoms with Crippen LogP contribution in [0.2, 0.25) is 0 Å². The standard InChI is InChI=1S/C12H14N2O3/c1-9(12(15)16-2)14-10-4-3-5-11(8-10)17-7-6-13/h3-5,8-9,14H,7H2,1-2H3. The average Bonchev–Trinajstić information content (AvgIpc) is 2.35. The van der Waals surface area contributed by atoms with Crippen molar-refractivity contribution in [2.75, 3.05) is 19.0 Å². The number of hydrogen-bond donors (Lipinski definition) is 1. The minimum Gasteiger partial charge on any atom is -0.479 e. The number of nitrogens with one attached hydrogen (secondary N) is 1. The summed E-state index contributed by atoms with van der Waals surface area (Å²) in [5.41, 5.74) is 0.735. The summed E-state index contributed by atoms with van der Waals surface area (Å²) >= 11 is 0. The van der Waals surface area contributed by atoms with Crippen LogP contribution in [-0.2, 0) is 9.53 Å². The summed E-state index contributed by atoms with van der Waals surface area (Å²) in [6.45, 7) is 1.70. The smallest absolute Gasteiger partial charge is 0.327 e. The first-order valence-electron chi connectivity index (χ1n) is 5.11. The molecule has 0 bridgehead atoms. The van der Waals surface area contributed by atoms with Crippen molar-refractivity contribution >= 4 is 11.7 Å². The Morgan fingerprint density at radius 2 is 2.35 bits per heavy atom. The molecule has 0 saturated heterocycles. The van der Waals surface area contributed by atoms with Gasteiger partial charge in [-0.25, -0.2) is 4.79 Å². The minimum absolute atomic E-state index is 0.00396. The second-order valence-electron chi connectivity index (χ2n) is 3.36. The number of nitrogens with zero attached hydrogens (tertiary/aromatic N) is 1. The summed E-state index contributed by atoms with van der Waals surface area (Å²) in [5, 5.41) is 11.4. The van der Waals surface area contributed by atoms with Crippen LogP contribution in [0, 0.1) is 11.3 Å². The van der Waals surface area contributed by atoms with Gasteiger partial charge in [0.15, 0.2) is 6.61 Å². The van der Waals surface area contributed by atoms with Crippen molar-refractivity contribution in [3.05, 3.63) is 24.3 Å². The molecule has 0 radical (unpaired) electrons. The lowest BCUT2D eigenvalue weighted by atomic mass is 10.2. The van der Waals surface area contributed by atoms with Crippen LogP contribution in [0.1, 0.15) is 6.92 Å². The first-order valence-corrected chi connectivity index (χ1v) is 5.11. The van der Waals surface area contributed by atoms with Gasteiger partial charge in [0.05, 0.1) is 7.11 Å². The normalized spacial score (nSPS) is 11.1. The van der Waals surface area contributed by atoms with Crippen LogP contribution < -0.4 is 10.1 Å². The van der Waals surface area contributed by atoms with Gasteiger partial charge in [0.1, 0.15) is 17.9 Å². The fourth-order valence-corrected chi connectivity index (χ4v) is 1.28. The number of anilines is 1. The van der Waals surface area contributed by atoms with E-state index in [4.69, 9.17) is 10.00 Å². The van der Waals surface area contributed by atoms with Crippen molar-refractivity contribution in [1.82, 2.24) is 0 Å². The molecule has 0 heterocycles. The molecule has 0 aromatic heterocycles. The number of esters is 1. The Labute approximate surface area is 100.0 Å². The van der Waals surface area contributed by atoms with E-state index in [0.29, 0.717) is 5.75 Å². The molecule has 0 aliphatic rings. The predicted octanol–water partition coefficient (Wildman–Crippen LogP) is 1.56. The molecule has 90 valence electrons. The number of ether oxygens (including phenoxy) is 2. The van der Waals surface area contributed by atoms with Crippen LogP contribution in [0.25, 0.3) is 0 Å². The summed E-state index contributed by atoms with van der Waals surface area (Å²) in [6, 6.07) is 8.49. The largest absolute Gasteiger partial charge is 0.479 e. The van der Waals surface area contributed by atoms with E-state index in [1.807, 2.05) is 6.07 Å². The highest BCUT2D eigenvalue weighted by Crippen LogP contribution is 2.18. The van der Waals surface area contributed by atoms with Gasteiger partial charge in [-0.2, -0.15) is 5.26 Å². The third-order valence-electron chi connectivity index (χ3n) is 2.08. The minimum atomic E-state index is -0.439. The van der Waals surface area contributed by atoms with Crippen molar-refractivity contribution < 1.29 is 14.3 Å². The van der Waals surface area contributed by atoms with Crippen molar-refractivity contribution in [2.45, 2.75) is 13.0 Å². The van der Waals surface area contributed by atoms with Gasteiger partial charge >= 0.3 is 5.97 Å². The molecule has 0 saturated carbocycles. The Kier molecular flexibility index (Phi) is 4.82. The fourth-order valence-electron chi connectivity index (χ4n) is 1.28. The lowest BCUT2D eigenvalue weighted by Crippen LogP contribution is -2.27. The molecule has 0 spiro atoms. The highest BCUT2D eigenvalue weighted by atomic mass is 16.5. The molecule has 0 fully saturated rings. The van der Waals surface area contributed by atoms with Crippen LogP contribution in [-0.4, -0.2) is 25.7 Å². The van der Waals surface area contributed by atoms with Gasteiger partial charge < -0.3 is 14.8 Å². The molecule has 1 N–H and O–H groups in total. The Morgan fingerprint density at radius 3 is 3.00 bits per heavy atom. The Hall–Kier alpha value is -2.22. The van der Waals surface area contributed by atoms with Crippen LogP contribution in [0.3, 0.4) is 0 Å². The van der Waals surface area contributed by atoms with E-state index >= 15 is 0 Å². The molecule has 5 heteroatoms. The van der Waals surface area contributed by atoms with E-state index in [0.717, 1.165) is 5.69 Å². The number of carbonyl (C=O) groups is 1. The second kappa shape index (κ2) is 6.38. The number of methoxy groups -OCH3 is 1. The maximum atomic E-state index is 11.2. The first-order chi connectivity index (χ1) is 8.17. The lowest BCUT2D eigenvalue weighted by Gasteiger charge is -2.13. The molecule has 0 aliphatic heterocycles. The zero-order valence-electron chi connectivity index (χ0n) is 9.77. The monoisotopic (exact) mass is 234 g/mol. The molecule has 1 atom stereocenters. The van der Waals surface area contributed by atoms with E-state index in [1.165, 1.54) is 7.11 Å². The number of benzene rings is 1. The molecule has 1 aromatic rings. The van der Waals surface area contributed by atoms with Gasteiger partial charge in [0.2, 0.25) is 0 Å². The number of hydrogen-bond acceptors (Lipinski definition) is 5. The van der Waals surface area contributed by atoms with Crippen molar-refractivity contribution in [2.24, 2.45) is 0 Å². The molecular weight excluding hydrogens is 220 g/mol. The molecule has 1 rings (SSSR count). The summed E-state index contributed by atoms with van der Waals surface area (Å²) in [7, 11) is 1.34. The molecule has 0 amide bonds. The molecule has 17 heavy (non-hydrogen) atoms. The zero-order valence-corrected chi connectivity index (χ0v) is 9.77. The molecular formula is C12H14N2O3. The van der Waals surface area contributed by atoms with Crippen LogP contribution in [0.4, 0.5) is 5.69 Å². The highest BCUT2D eigenvalue weighted by molar-refractivity contribution is 5.78. The Balaban J connectivity index is 2.65. The summed E-state index contributed by atoms with van der Waals surface area (Å²) in [4.78, 5) is 11.2. The molecule has 5 nitrogen and oxygen atoms in total. The fraction of sp³-hybridized carbons (Fsp3) is 0.333. The highest BCUT2D eigenvalue weighted by Gasteiger charge is 2.12. The average molecular weight is 234 g/mol. The van der Waals surface area contributed by atoms with Crippen molar-refractivity contribution in [3.8, 4) is 11.8 Å². The number of rotatable bonds is 5. The van der Waals surface area contributed by atoms with E-state index in [1.54, 1.807) is 31.2 Å². The SMILES string of the molecule is COC(=O)C(C)Nc1cccc(OCC#N)c1. The van der Waals surface area contributed by atoms with Crippen LogP contribution >= 0.6 is 0 Å². The third-order valence-corrected chi connectivity index (χ3v) is 2.08. The van der Waals surface area contributed by atoms with E-state index < -0.39 is 6.04 Å². The van der Waals surface area contributed by atoms with Gasteiger partial charge in [-0.1, -0.05) is 6.07 Å². The molecule has 1 unspecified atom stereocenters. The quantitative estimate of drug-likeness (QED) is 0.783. The molecule has 0 aliphatic carbocycles. The lowest BCUT2D eigenvalue weighted by molar-refractivity contribution is -0.141. The third kappa shape index (κ3) is 4.03. The zero-order chi connectivity index (χ0) is 12.7. The maximum Gasteiger partial charge on any atom is 0.327 e. The van der Waals surface area contributed by atoms with Gasteiger partial charge in [-0.15, -0.1) is 0 Å². The number of carbonyl (C=O) groups excluding carboxylic acids is 1. The van der Waals surface area contributed by atoms with Gasteiger partial charge in [-0.3, -0.25) is 0 Å². The summed E-state index contributed by atoms with van der Waals surface area (Å²) in [5.74, 6) is 0.238.